The van der Waals surface area contributed by atoms with Crippen LogP contribution < -0.4 is 5.73 Å². The first-order valence-electron chi connectivity index (χ1n) is 4.07. The summed E-state index contributed by atoms with van der Waals surface area (Å²) >= 11 is 1.26. The second-order valence-corrected chi connectivity index (χ2v) is 3.33. The molecule has 0 atom stereocenters. The summed E-state index contributed by atoms with van der Waals surface area (Å²) in [5, 5.41) is 4.69. The number of aromatic nitrogens is 2. The second-order valence-electron chi connectivity index (χ2n) is 2.55. The number of rotatable bonds is 4. The third-order valence-corrected chi connectivity index (χ3v) is 2.45. The zero-order valence-corrected chi connectivity index (χ0v) is 8.27. The monoisotopic (exact) mass is 186 g/mol. The van der Waals surface area contributed by atoms with Gasteiger partial charge in [0.1, 0.15) is 10.7 Å². The fourth-order valence-corrected chi connectivity index (χ4v) is 1.42. The predicted octanol–water partition coefficient (Wildman–Crippen LogP) is 0.962. The van der Waals surface area contributed by atoms with Crippen LogP contribution in [0.25, 0.3) is 0 Å². The van der Waals surface area contributed by atoms with Gasteiger partial charge in [0.2, 0.25) is 0 Å². The van der Waals surface area contributed by atoms with Crippen molar-refractivity contribution in [3.63, 3.8) is 0 Å². The molecule has 1 heterocycles. The number of hydrogen-bond acceptors (Lipinski definition) is 5. The van der Waals surface area contributed by atoms with E-state index in [0.29, 0.717) is 0 Å². The Morgan fingerprint density at radius 3 is 2.50 bits per heavy atom. The lowest BCUT2D eigenvalue weighted by molar-refractivity contribution is 0.292. The van der Waals surface area contributed by atoms with Gasteiger partial charge < -0.3 is 5.73 Å². The van der Waals surface area contributed by atoms with Crippen LogP contribution in [0.3, 0.4) is 0 Å². The highest BCUT2D eigenvalue weighted by Crippen LogP contribution is 2.14. The van der Waals surface area contributed by atoms with E-state index >= 15 is 0 Å². The summed E-state index contributed by atoms with van der Waals surface area (Å²) in [6.45, 7) is 7.11. The Morgan fingerprint density at radius 1 is 1.42 bits per heavy atom. The summed E-state index contributed by atoms with van der Waals surface area (Å²) in [5.74, 6) is 0. The lowest BCUT2D eigenvalue weighted by atomic mass is 10.4. The Morgan fingerprint density at radius 2 is 2.08 bits per heavy atom. The third-order valence-electron chi connectivity index (χ3n) is 1.85. The van der Waals surface area contributed by atoms with Gasteiger partial charge in [-0.15, -0.1) is 5.10 Å². The molecule has 0 spiro atoms. The maximum atomic E-state index is 5.67. The van der Waals surface area contributed by atoms with Crippen molar-refractivity contribution < 1.29 is 0 Å². The minimum Gasteiger partial charge on any atom is -0.388 e. The highest BCUT2D eigenvalue weighted by atomic mass is 32.1. The minimum atomic E-state index is 0.738. The number of nitrogens with zero attached hydrogens (tertiary/aromatic N) is 3. The zero-order chi connectivity index (χ0) is 8.97. The molecule has 5 heteroatoms. The van der Waals surface area contributed by atoms with E-state index in [9.17, 15) is 0 Å². The lowest BCUT2D eigenvalue weighted by Gasteiger charge is -2.15. The van der Waals surface area contributed by atoms with E-state index in [1.54, 1.807) is 0 Å². The van der Waals surface area contributed by atoms with Gasteiger partial charge in [-0.1, -0.05) is 18.3 Å². The lowest BCUT2D eigenvalue weighted by Crippen LogP contribution is -2.22. The van der Waals surface area contributed by atoms with E-state index in [4.69, 9.17) is 5.73 Å². The summed E-state index contributed by atoms with van der Waals surface area (Å²) in [5.41, 5.74) is 6.57. The van der Waals surface area contributed by atoms with Crippen molar-refractivity contribution in [3.8, 4) is 0 Å². The van der Waals surface area contributed by atoms with E-state index in [0.717, 1.165) is 30.3 Å². The molecule has 0 aliphatic heterocycles. The van der Waals surface area contributed by atoms with Crippen LogP contribution in [0, 0.1) is 0 Å². The molecule has 68 valence electrons. The third kappa shape index (κ3) is 2.15. The SMILES string of the molecule is CCN(CC)Cc1nnsc1N. The van der Waals surface area contributed by atoms with E-state index in [2.05, 4.69) is 28.3 Å². The summed E-state index contributed by atoms with van der Waals surface area (Å²) in [6.07, 6.45) is 0. The van der Waals surface area contributed by atoms with Crippen molar-refractivity contribution in [1.29, 1.82) is 0 Å². The maximum absolute atomic E-state index is 5.67. The quantitative estimate of drug-likeness (QED) is 0.761. The van der Waals surface area contributed by atoms with Crippen molar-refractivity contribution in [2.45, 2.75) is 20.4 Å². The predicted molar refractivity (Wildman–Crippen MR) is 50.9 cm³/mol. The summed E-state index contributed by atoms with van der Waals surface area (Å²) in [6, 6.07) is 0. The molecule has 1 aromatic rings. The van der Waals surface area contributed by atoms with Crippen molar-refractivity contribution in [1.82, 2.24) is 14.5 Å². The van der Waals surface area contributed by atoms with Gasteiger partial charge in [0.15, 0.2) is 0 Å². The van der Waals surface area contributed by atoms with Crippen LogP contribution in [0.1, 0.15) is 19.5 Å². The summed E-state index contributed by atoms with van der Waals surface area (Å²) in [4.78, 5) is 2.26. The number of nitrogen functional groups attached to an aromatic ring is 1. The molecule has 1 aromatic heterocycles. The zero-order valence-electron chi connectivity index (χ0n) is 7.45. The van der Waals surface area contributed by atoms with E-state index in [-0.39, 0.29) is 0 Å². The van der Waals surface area contributed by atoms with Crippen molar-refractivity contribution in [2.24, 2.45) is 0 Å². The Balaban J connectivity index is 2.56. The van der Waals surface area contributed by atoms with Crippen molar-refractivity contribution >= 4 is 16.5 Å². The van der Waals surface area contributed by atoms with Crippen LogP contribution in [0.15, 0.2) is 0 Å². The molecule has 0 unspecified atom stereocenters. The Bertz CT molecular complexity index is 231. The molecule has 1 rings (SSSR count). The number of anilines is 1. The van der Waals surface area contributed by atoms with Crippen LogP contribution in [-0.4, -0.2) is 27.6 Å². The number of hydrogen-bond donors (Lipinski definition) is 1. The van der Waals surface area contributed by atoms with Gasteiger partial charge in [-0.25, -0.2) is 0 Å². The molecule has 0 aliphatic carbocycles. The largest absolute Gasteiger partial charge is 0.388 e. The topological polar surface area (TPSA) is 55.0 Å². The highest BCUT2D eigenvalue weighted by molar-refractivity contribution is 7.09. The fourth-order valence-electron chi connectivity index (χ4n) is 0.984. The van der Waals surface area contributed by atoms with Gasteiger partial charge in [0.05, 0.1) is 0 Å². The summed E-state index contributed by atoms with van der Waals surface area (Å²) in [7, 11) is 0. The molecule has 2 N–H and O–H groups in total. The molecule has 0 fully saturated rings. The van der Waals surface area contributed by atoms with Gasteiger partial charge in [0.25, 0.3) is 0 Å². The first-order valence-corrected chi connectivity index (χ1v) is 4.84. The van der Waals surface area contributed by atoms with Gasteiger partial charge in [-0.2, -0.15) is 0 Å². The molecule has 0 amide bonds. The van der Waals surface area contributed by atoms with Crippen LogP contribution >= 0.6 is 11.5 Å². The van der Waals surface area contributed by atoms with E-state index in [1.165, 1.54) is 11.5 Å². The van der Waals surface area contributed by atoms with Gasteiger partial charge >= 0.3 is 0 Å². The van der Waals surface area contributed by atoms with Crippen LogP contribution in [-0.2, 0) is 6.54 Å². The minimum absolute atomic E-state index is 0.738. The molecular formula is C7H14N4S. The van der Waals surface area contributed by atoms with Crippen LogP contribution in [0.2, 0.25) is 0 Å². The first kappa shape index (κ1) is 9.41. The van der Waals surface area contributed by atoms with E-state index < -0.39 is 0 Å². The molecule has 0 aromatic carbocycles. The summed E-state index contributed by atoms with van der Waals surface area (Å²) < 4.78 is 3.78. The average molecular weight is 186 g/mol. The van der Waals surface area contributed by atoms with E-state index in [1.807, 2.05) is 0 Å². The standard InChI is InChI=1S/C7H14N4S/c1-3-11(4-2)5-6-7(8)12-10-9-6/h3-5,8H2,1-2H3. The smallest absolute Gasteiger partial charge is 0.132 e. The molecule has 0 saturated heterocycles. The van der Waals surface area contributed by atoms with Gasteiger partial charge in [-0.3, -0.25) is 4.90 Å². The maximum Gasteiger partial charge on any atom is 0.132 e. The molecule has 0 saturated carbocycles. The van der Waals surface area contributed by atoms with Crippen molar-refractivity contribution in [2.75, 3.05) is 18.8 Å². The first-order chi connectivity index (χ1) is 5.77. The average Bonchev–Trinajstić information content (AvgIpc) is 2.47. The molecular weight excluding hydrogens is 172 g/mol. The van der Waals surface area contributed by atoms with Gasteiger partial charge in [0, 0.05) is 18.1 Å². The molecule has 12 heavy (non-hydrogen) atoms. The van der Waals surface area contributed by atoms with Gasteiger partial charge in [-0.05, 0) is 13.1 Å². The molecule has 4 nitrogen and oxygen atoms in total. The van der Waals surface area contributed by atoms with Crippen LogP contribution in [0.5, 0.6) is 0 Å². The highest BCUT2D eigenvalue weighted by Gasteiger charge is 2.07. The Kier molecular flexibility index (Phi) is 3.43. The van der Waals surface area contributed by atoms with Crippen LogP contribution in [0.4, 0.5) is 5.00 Å². The molecule has 0 bridgehead atoms. The normalized spacial score (nSPS) is 10.9. The Labute approximate surface area is 76.5 Å². The Hall–Kier alpha value is -0.680. The molecule has 0 radical (unpaired) electrons. The number of nitrogens with two attached hydrogens (primary N) is 1. The second kappa shape index (κ2) is 4.37. The fraction of sp³-hybridized carbons (Fsp3) is 0.714. The molecule has 0 aliphatic rings. The van der Waals surface area contributed by atoms with Crippen molar-refractivity contribution in [3.05, 3.63) is 5.69 Å².